The van der Waals surface area contributed by atoms with Gasteiger partial charge in [-0.25, -0.2) is 23.3 Å². The number of aliphatic hydroxyl groups is 4. The zero-order valence-electron chi connectivity index (χ0n) is 28.2. The van der Waals surface area contributed by atoms with Crippen molar-refractivity contribution in [2.75, 3.05) is 35.2 Å². The van der Waals surface area contributed by atoms with E-state index in [1.807, 2.05) is 35.2 Å². The molecule has 2 aliphatic rings. The molecule has 1 saturated heterocycles. The topological polar surface area (TPSA) is 285 Å². The van der Waals surface area contributed by atoms with Crippen molar-refractivity contribution in [3.8, 4) is 0 Å². The number of hydrogen-bond donors (Lipinski definition) is 8. The second-order valence-electron chi connectivity index (χ2n) is 13.0. The number of carbonyl (C=O) groups excluding carboxylic acids is 1. The van der Waals surface area contributed by atoms with E-state index >= 15 is 0 Å². The van der Waals surface area contributed by atoms with Gasteiger partial charge in [0, 0.05) is 24.8 Å². The zero-order valence-corrected chi connectivity index (χ0v) is 29.0. The van der Waals surface area contributed by atoms with Crippen molar-refractivity contribution in [1.29, 1.82) is 0 Å². The Balaban J connectivity index is 1.15. The van der Waals surface area contributed by atoms with Crippen LogP contribution >= 0.6 is 0 Å². The van der Waals surface area contributed by atoms with Crippen molar-refractivity contribution < 1.29 is 33.6 Å². The second kappa shape index (κ2) is 15.0. The number of aromatic nitrogens is 8. The van der Waals surface area contributed by atoms with E-state index in [1.165, 1.54) is 29.3 Å². The number of nitrogens with one attached hydrogen (secondary N) is 3. The van der Waals surface area contributed by atoms with Crippen LogP contribution in [0.2, 0.25) is 0 Å². The van der Waals surface area contributed by atoms with Crippen LogP contribution in [0.1, 0.15) is 36.3 Å². The lowest BCUT2D eigenvalue weighted by Crippen LogP contribution is -2.40. The minimum absolute atomic E-state index is 0.0809. The summed E-state index contributed by atoms with van der Waals surface area (Å²) >= 11 is 0. The van der Waals surface area contributed by atoms with Gasteiger partial charge in [0.2, 0.25) is 16.0 Å². The number of rotatable bonds is 12. The molecular weight excluding hydrogens is 711 g/mol. The van der Waals surface area contributed by atoms with Gasteiger partial charge in [-0.3, -0.25) is 0 Å². The third-order valence-electron chi connectivity index (χ3n) is 9.41. The Bertz CT molecular complexity index is 2180. The Kier molecular flexibility index (Phi) is 10.2. The number of imidazole rings is 1. The van der Waals surface area contributed by atoms with Gasteiger partial charge in [0.05, 0.1) is 29.9 Å². The summed E-state index contributed by atoms with van der Waals surface area (Å²) in [6.07, 6.45) is 0.204. The van der Waals surface area contributed by atoms with Gasteiger partial charge in [-0.05, 0) is 48.2 Å². The Morgan fingerprint density at radius 2 is 1.83 bits per heavy atom. The van der Waals surface area contributed by atoms with E-state index in [2.05, 4.69) is 36.3 Å². The maximum Gasteiger partial charge on any atom is 0.319 e. The molecule has 7 rings (SSSR count). The summed E-state index contributed by atoms with van der Waals surface area (Å²) in [7, 11) is -3.95. The van der Waals surface area contributed by atoms with Crippen LogP contribution in [-0.4, -0.2) is 119 Å². The van der Waals surface area contributed by atoms with Crippen LogP contribution in [0.15, 0.2) is 65.8 Å². The number of aliphatic hydroxyl groups excluding tert-OH is 4. The van der Waals surface area contributed by atoms with Gasteiger partial charge in [-0.15, -0.1) is 10.2 Å². The lowest BCUT2D eigenvalue weighted by molar-refractivity contribution is 0.00469. The van der Waals surface area contributed by atoms with Crippen molar-refractivity contribution in [2.24, 2.45) is 5.14 Å². The number of primary sulfonamides is 1. The predicted octanol–water partition coefficient (Wildman–Crippen LogP) is -0.724. The molecule has 53 heavy (non-hydrogen) atoms. The Morgan fingerprint density at radius 3 is 2.57 bits per heavy atom. The summed E-state index contributed by atoms with van der Waals surface area (Å²) in [6.45, 7) is 0.158. The van der Waals surface area contributed by atoms with Crippen molar-refractivity contribution in [1.82, 2.24) is 45.0 Å². The number of hydrogen-bond acceptors (Lipinski definition) is 15. The molecular formula is C32H39N13O7S. The van der Waals surface area contributed by atoms with E-state index in [1.54, 1.807) is 10.6 Å². The number of anilines is 3. The molecule has 0 radical (unpaired) electrons. The lowest BCUT2D eigenvalue weighted by atomic mass is 10.1. The highest BCUT2D eigenvalue weighted by atomic mass is 32.2. The minimum Gasteiger partial charge on any atom is -0.394 e. The van der Waals surface area contributed by atoms with Gasteiger partial charge in [-0.2, -0.15) is 14.8 Å². The summed E-state index contributed by atoms with van der Waals surface area (Å²) < 4.78 is 25.2. The number of nitrogens with zero attached hydrogens (tertiary/aromatic N) is 9. The second-order valence-corrected chi connectivity index (χ2v) is 14.6. The first kappa shape index (κ1) is 36.1. The summed E-state index contributed by atoms with van der Waals surface area (Å²) in [4.78, 5) is 30.1. The summed E-state index contributed by atoms with van der Waals surface area (Å²) in [5.74, 6) is 0.731. The lowest BCUT2D eigenvalue weighted by Gasteiger charge is -2.22. The number of carbonyl (C=O) groups is 1. The molecule has 1 unspecified atom stereocenters. The molecule has 9 N–H and O–H groups in total. The fraction of sp³-hybridized carbons (Fsp3) is 0.406. The first-order valence-electron chi connectivity index (χ1n) is 16.9. The number of benzene rings is 2. The largest absolute Gasteiger partial charge is 0.394 e. The number of amides is 2. The van der Waals surface area contributed by atoms with Gasteiger partial charge in [-0.1, -0.05) is 36.4 Å². The van der Waals surface area contributed by atoms with E-state index < -0.39 is 53.0 Å². The van der Waals surface area contributed by atoms with Gasteiger partial charge in [0.1, 0.15) is 24.9 Å². The van der Waals surface area contributed by atoms with Crippen LogP contribution in [0.25, 0.3) is 11.2 Å². The van der Waals surface area contributed by atoms with E-state index in [-0.39, 0.29) is 35.5 Å². The third kappa shape index (κ3) is 7.75. The molecule has 280 valence electrons. The average Bonchev–Trinajstić information content (AvgIpc) is 3.95. The maximum absolute atomic E-state index is 12.9. The summed E-state index contributed by atoms with van der Waals surface area (Å²) in [5, 5.41) is 68.0. The Hall–Kier alpha value is -5.32. The molecule has 2 amide bonds. The number of nitrogens with two attached hydrogens (primary N) is 1. The van der Waals surface area contributed by atoms with Gasteiger partial charge in [0.25, 0.3) is 0 Å². The smallest absolute Gasteiger partial charge is 0.319 e. The zero-order chi connectivity index (χ0) is 37.3. The van der Waals surface area contributed by atoms with Crippen molar-refractivity contribution in [3.05, 3.63) is 72.3 Å². The number of urea groups is 1. The van der Waals surface area contributed by atoms with Gasteiger partial charge < -0.3 is 45.8 Å². The van der Waals surface area contributed by atoms with Gasteiger partial charge in [0.15, 0.2) is 22.8 Å². The quantitative estimate of drug-likeness (QED) is 0.0781. The fourth-order valence-corrected chi connectivity index (χ4v) is 7.32. The SMILES string of the molecule is NS(=O)(=O)c1cccc(NC(=O)NC2CCN(c3nc(N[C@H](CO)Cc4ccccc4)c4ncn([C@@H]5C[C@H](n6nnc(CO)n6)[C@@H](O)[C@H]5O)c4n3)C2)c1. The summed E-state index contributed by atoms with van der Waals surface area (Å²) in [6, 6.07) is 12.5. The van der Waals surface area contributed by atoms with Crippen LogP contribution in [0, 0.1) is 0 Å². The normalized spacial score (nSPS) is 22.3. The molecule has 20 nitrogen and oxygen atoms in total. The minimum atomic E-state index is -3.95. The molecule has 0 spiro atoms. The fourth-order valence-electron chi connectivity index (χ4n) is 6.76. The van der Waals surface area contributed by atoms with Crippen LogP contribution in [0.3, 0.4) is 0 Å². The van der Waals surface area contributed by atoms with Crippen LogP contribution in [0.4, 0.5) is 22.2 Å². The summed E-state index contributed by atoms with van der Waals surface area (Å²) in [5.41, 5.74) is 1.99. The highest BCUT2D eigenvalue weighted by Crippen LogP contribution is 2.40. The molecule has 1 aliphatic carbocycles. The highest BCUT2D eigenvalue weighted by Gasteiger charge is 2.45. The Labute approximate surface area is 302 Å². The van der Waals surface area contributed by atoms with Crippen molar-refractivity contribution >= 4 is 44.7 Å². The molecule has 2 aromatic carbocycles. The predicted molar refractivity (Wildman–Crippen MR) is 189 cm³/mol. The third-order valence-corrected chi connectivity index (χ3v) is 10.3. The van der Waals surface area contributed by atoms with Gasteiger partial charge >= 0.3 is 6.03 Å². The van der Waals surface area contributed by atoms with Crippen LogP contribution < -0.4 is 26.0 Å². The molecule has 3 aromatic heterocycles. The highest BCUT2D eigenvalue weighted by molar-refractivity contribution is 7.89. The van der Waals surface area contributed by atoms with Crippen LogP contribution in [-0.2, 0) is 23.1 Å². The molecule has 1 aliphatic heterocycles. The molecule has 1 saturated carbocycles. The standard InChI is InChI=1S/C32H39N13O7S/c33-53(51,52)22-8-4-7-19(12-22)36-32(50)37-20-9-10-43(14-20)31-38-29(35-21(15-46)11-18-5-2-1-3-6-18)26-30(39-31)44(17-34-26)23-13-24(28(49)27(23)48)45-41-25(16-47)40-42-45/h1-8,12,17,20-21,23-24,27-28,46-49H,9-11,13-16H2,(H2,33,51,52)(H,35,38,39)(H2,36,37,50)/t20?,21-,23+,24-,27-,28+/m0/s1. The number of sulfonamides is 1. The first-order chi connectivity index (χ1) is 25.5. The molecule has 5 aromatic rings. The first-order valence-corrected chi connectivity index (χ1v) is 18.4. The molecule has 21 heteroatoms. The monoisotopic (exact) mass is 749 g/mol. The maximum atomic E-state index is 12.9. The van der Waals surface area contributed by atoms with E-state index in [0.717, 1.165) is 5.56 Å². The number of fused-ring (bicyclic) bond motifs is 1. The average molecular weight is 750 g/mol. The molecule has 6 atom stereocenters. The molecule has 0 bridgehead atoms. The Morgan fingerprint density at radius 1 is 1.04 bits per heavy atom. The van der Waals surface area contributed by atoms with E-state index in [9.17, 15) is 33.6 Å². The van der Waals surface area contributed by atoms with E-state index in [4.69, 9.17) is 15.1 Å². The number of tetrazole rings is 1. The van der Waals surface area contributed by atoms with Crippen molar-refractivity contribution in [3.63, 3.8) is 0 Å². The van der Waals surface area contributed by atoms with Crippen LogP contribution in [0.5, 0.6) is 0 Å². The molecule has 2 fully saturated rings. The van der Waals surface area contributed by atoms with Crippen molar-refractivity contribution in [2.45, 2.75) is 67.1 Å². The van der Waals surface area contributed by atoms with E-state index in [0.29, 0.717) is 48.9 Å². The molecule has 4 heterocycles.